The highest BCUT2D eigenvalue weighted by atomic mass is 35.5. The lowest BCUT2D eigenvalue weighted by atomic mass is 9.74. The van der Waals surface area contributed by atoms with Gasteiger partial charge in [0.25, 0.3) is 0 Å². The fourth-order valence-electron chi connectivity index (χ4n) is 5.36. The maximum Gasteiger partial charge on any atom is 0.128 e. The van der Waals surface area contributed by atoms with E-state index in [1.165, 1.54) is 5.56 Å². The Kier molecular flexibility index (Phi) is 10.9. The van der Waals surface area contributed by atoms with Crippen LogP contribution >= 0.6 is 35.2 Å². The van der Waals surface area contributed by atoms with Gasteiger partial charge in [0.2, 0.25) is 0 Å². The number of aromatic amines is 1. The smallest absolute Gasteiger partial charge is 0.128 e. The molecule has 1 unspecified atom stereocenters. The summed E-state index contributed by atoms with van der Waals surface area (Å²) >= 11 is 13.2. The van der Waals surface area contributed by atoms with E-state index in [0.29, 0.717) is 21.4 Å². The van der Waals surface area contributed by atoms with Crippen molar-refractivity contribution in [2.45, 2.75) is 18.4 Å². The molecule has 7 rings (SSSR count). The van der Waals surface area contributed by atoms with Gasteiger partial charge in [0.15, 0.2) is 0 Å². The maximum atomic E-state index is 11.6. The summed E-state index contributed by atoms with van der Waals surface area (Å²) in [5.74, 6) is 1.63. The van der Waals surface area contributed by atoms with Crippen molar-refractivity contribution in [2.75, 3.05) is 37.3 Å². The van der Waals surface area contributed by atoms with Crippen molar-refractivity contribution >= 4 is 63.0 Å². The van der Waals surface area contributed by atoms with Gasteiger partial charge < -0.3 is 14.2 Å². The zero-order chi connectivity index (χ0) is 32.8. The molecule has 238 valence electrons. The van der Waals surface area contributed by atoms with Crippen LogP contribution in [0, 0.1) is 25.2 Å². The first-order valence-electron chi connectivity index (χ1n) is 14.1. The van der Waals surface area contributed by atoms with E-state index < -0.39 is 11.0 Å². The number of rotatable bonds is 7. The summed E-state index contributed by atoms with van der Waals surface area (Å²) in [5.41, 5.74) is 4.82. The lowest BCUT2D eigenvalue weighted by molar-refractivity contribution is 0.0434. The van der Waals surface area contributed by atoms with E-state index in [-0.39, 0.29) is 12.0 Å². The van der Waals surface area contributed by atoms with E-state index in [9.17, 15) is 4.21 Å². The van der Waals surface area contributed by atoms with Crippen LogP contribution in [0.5, 0.6) is 5.75 Å². The summed E-state index contributed by atoms with van der Waals surface area (Å²) in [4.78, 5) is 11.8. The predicted octanol–water partition coefficient (Wildman–Crippen LogP) is 7.13. The van der Waals surface area contributed by atoms with Gasteiger partial charge in [-0.25, -0.2) is 13.5 Å². The fourth-order valence-corrected chi connectivity index (χ4v) is 7.00. The van der Waals surface area contributed by atoms with Crippen LogP contribution in [0.4, 0.5) is 5.82 Å². The summed E-state index contributed by atoms with van der Waals surface area (Å²) in [5, 5.41) is 9.47. The van der Waals surface area contributed by atoms with Crippen LogP contribution in [-0.2, 0) is 17.6 Å². The molecule has 5 aromatic rings. The highest BCUT2D eigenvalue weighted by Crippen LogP contribution is 2.42. The number of pyridine rings is 2. The van der Waals surface area contributed by atoms with E-state index in [4.69, 9.17) is 37.5 Å². The number of anilines is 1. The third-order valence-electron chi connectivity index (χ3n) is 7.78. The number of nitrogens with zero attached hydrogens (tertiary/aromatic N) is 5. The molecule has 0 bridgehead atoms. The Labute approximate surface area is 285 Å². The third-order valence-corrected chi connectivity index (χ3v) is 9.90. The summed E-state index contributed by atoms with van der Waals surface area (Å²) in [6.07, 6.45) is 14.7. The third kappa shape index (κ3) is 7.50. The van der Waals surface area contributed by atoms with Crippen molar-refractivity contribution in [2.24, 2.45) is 5.41 Å². The Bertz CT molecular complexity index is 1820. The molecule has 2 aliphatic heterocycles. The number of hydrogen-bond donors (Lipinski definition) is 2. The molecule has 2 aromatic carbocycles. The Morgan fingerprint density at radius 1 is 1.02 bits per heavy atom. The number of ether oxygens (including phenoxy) is 1. The SMILES string of the molecule is C#C.CS(=O)N1CC2(CN(c3ccc(-c4n[nH]c5ccc(OCc6c(Cl)cncc6Cl)cc45)cn3)C2)C1.Cc1ccc(SO)cc1. The molecule has 5 heterocycles. The molecule has 0 saturated carbocycles. The molecule has 1 spiro atoms. The molecule has 13 heteroatoms. The van der Waals surface area contributed by atoms with Gasteiger partial charge in [0.05, 0.1) is 26.5 Å². The van der Waals surface area contributed by atoms with Gasteiger partial charge in [0.1, 0.15) is 23.9 Å². The normalized spacial score (nSPS) is 15.5. The number of hydrogen-bond acceptors (Lipinski definition) is 8. The van der Waals surface area contributed by atoms with Crippen molar-refractivity contribution in [3.63, 3.8) is 0 Å². The van der Waals surface area contributed by atoms with Crippen LogP contribution < -0.4 is 9.64 Å². The summed E-state index contributed by atoms with van der Waals surface area (Å²) < 4.78 is 28.1. The topological polar surface area (TPSA) is 107 Å². The van der Waals surface area contributed by atoms with Crippen molar-refractivity contribution in [1.29, 1.82) is 0 Å². The lowest BCUT2D eigenvalue weighted by Crippen LogP contribution is -2.72. The van der Waals surface area contributed by atoms with Crippen LogP contribution in [0.2, 0.25) is 10.0 Å². The molecule has 46 heavy (non-hydrogen) atoms. The second-order valence-electron chi connectivity index (χ2n) is 11.0. The average molecular weight is 696 g/mol. The molecule has 3 aromatic heterocycles. The second kappa shape index (κ2) is 14.9. The Morgan fingerprint density at radius 3 is 2.33 bits per heavy atom. The van der Waals surface area contributed by atoms with Crippen LogP contribution in [-0.4, -0.2) is 65.7 Å². The predicted molar refractivity (Wildman–Crippen MR) is 188 cm³/mol. The number of terminal acetylenes is 1. The first-order valence-corrected chi connectivity index (χ1v) is 17.2. The van der Waals surface area contributed by atoms with Gasteiger partial charge in [-0.3, -0.25) is 10.1 Å². The first-order chi connectivity index (χ1) is 22.2. The minimum absolute atomic E-state index is 0.235. The van der Waals surface area contributed by atoms with Crippen LogP contribution in [0.3, 0.4) is 0 Å². The molecule has 2 N–H and O–H groups in total. The molecular formula is C33H32Cl2N6O3S2. The standard InChI is InChI=1S/C24H22Cl2N6O2S.C7H8OS.C2H2/c1-35(33)32-13-24(14-32)11-31(12-24)22-5-2-15(7-28-22)23-17-6-16(3-4-21(17)29-30-23)34-10-18-19(25)8-27-9-20(18)26;1-6-2-4-7(9-8)5-3-6;1-2/h2-9H,10-14H2,1H3,(H,29,30);2-5,8H,1H3;1-2H. The Balaban J connectivity index is 0.000000325. The minimum atomic E-state index is -0.875. The van der Waals surface area contributed by atoms with E-state index in [2.05, 4.69) is 32.9 Å². The summed E-state index contributed by atoms with van der Waals surface area (Å²) in [6.45, 7) is 5.95. The molecule has 9 nitrogen and oxygen atoms in total. The van der Waals surface area contributed by atoms with Gasteiger partial charge >= 0.3 is 0 Å². The number of H-pyrrole nitrogens is 1. The lowest BCUT2D eigenvalue weighted by Gasteiger charge is -2.59. The number of fused-ring (bicyclic) bond motifs is 1. The van der Waals surface area contributed by atoms with Crippen molar-refractivity contribution in [3.8, 4) is 29.9 Å². The van der Waals surface area contributed by atoms with Crippen molar-refractivity contribution < 1.29 is 13.5 Å². The van der Waals surface area contributed by atoms with Crippen LogP contribution in [0.15, 0.2) is 78.1 Å². The number of benzene rings is 2. The maximum absolute atomic E-state index is 11.6. The number of halogens is 2. The molecule has 0 aliphatic carbocycles. The van der Waals surface area contributed by atoms with Gasteiger partial charge in [-0.1, -0.05) is 40.9 Å². The highest BCUT2D eigenvalue weighted by Gasteiger charge is 2.53. The molecule has 2 saturated heterocycles. The van der Waals surface area contributed by atoms with Gasteiger partial charge in [0, 0.05) is 89.9 Å². The van der Waals surface area contributed by atoms with E-state index in [1.807, 2.05) is 72.0 Å². The summed E-state index contributed by atoms with van der Waals surface area (Å²) in [7, 11) is -0.875. The zero-order valence-corrected chi connectivity index (χ0v) is 28.3. The van der Waals surface area contributed by atoms with E-state index >= 15 is 0 Å². The monoisotopic (exact) mass is 694 g/mol. The van der Waals surface area contributed by atoms with Crippen LogP contribution in [0.25, 0.3) is 22.2 Å². The van der Waals surface area contributed by atoms with Crippen molar-refractivity contribution in [1.82, 2.24) is 24.5 Å². The van der Waals surface area contributed by atoms with E-state index in [0.717, 1.165) is 71.1 Å². The Morgan fingerprint density at radius 2 is 1.72 bits per heavy atom. The number of nitrogens with one attached hydrogen (secondary N) is 1. The second-order valence-corrected chi connectivity index (χ2v) is 13.9. The molecule has 0 amide bonds. The summed E-state index contributed by atoms with van der Waals surface area (Å²) in [6, 6.07) is 17.6. The Hall–Kier alpha value is -3.63. The molecular weight excluding hydrogens is 663 g/mol. The van der Waals surface area contributed by atoms with Crippen molar-refractivity contribution in [3.05, 3.63) is 94.4 Å². The fraction of sp³-hybridized carbons (Fsp3) is 0.242. The number of aromatic nitrogens is 4. The first kappa shape index (κ1) is 33.7. The number of aryl methyl sites for hydroxylation is 1. The minimum Gasteiger partial charge on any atom is -0.489 e. The van der Waals surface area contributed by atoms with Gasteiger partial charge in [-0.2, -0.15) is 5.10 Å². The molecule has 2 aliphatic rings. The molecule has 2 fully saturated rings. The quantitative estimate of drug-likeness (QED) is 0.137. The highest BCUT2D eigenvalue weighted by molar-refractivity contribution is 7.93. The molecule has 1 atom stereocenters. The molecule has 0 radical (unpaired) electrons. The van der Waals surface area contributed by atoms with Crippen LogP contribution in [0.1, 0.15) is 11.1 Å². The van der Waals surface area contributed by atoms with Gasteiger partial charge in [-0.15, -0.1) is 12.8 Å². The largest absolute Gasteiger partial charge is 0.489 e. The zero-order valence-electron chi connectivity index (χ0n) is 25.2. The van der Waals surface area contributed by atoms with Gasteiger partial charge in [-0.05, 0) is 49.4 Å². The average Bonchev–Trinajstić information content (AvgIpc) is 3.45. The van der Waals surface area contributed by atoms with E-state index in [1.54, 1.807) is 18.6 Å².